The van der Waals surface area contributed by atoms with Crippen molar-refractivity contribution < 1.29 is 4.74 Å². The van der Waals surface area contributed by atoms with Crippen molar-refractivity contribution in [2.45, 2.75) is 12.5 Å². The highest BCUT2D eigenvalue weighted by atomic mass is 16.5. The Kier molecular flexibility index (Phi) is 2.96. The van der Waals surface area contributed by atoms with Crippen LogP contribution in [0.3, 0.4) is 0 Å². The van der Waals surface area contributed by atoms with Gasteiger partial charge in [0.1, 0.15) is 11.9 Å². The molecule has 0 spiro atoms. The summed E-state index contributed by atoms with van der Waals surface area (Å²) in [5.41, 5.74) is 3.42. The minimum absolute atomic E-state index is 0.189. The van der Waals surface area contributed by atoms with Crippen molar-refractivity contribution in [2.75, 3.05) is 11.9 Å². The molecule has 2 heterocycles. The molecule has 0 aliphatic carbocycles. The molecule has 0 amide bonds. The first-order valence-electron chi connectivity index (χ1n) is 7.22. The molecule has 1 aliphatic rings. The second kappa shape index (κ2) is 5.09. The molecule has 1 aliphatic heterocycles. The van der Waals surface area contributed by atoms with Crippen molar-refractivity contribution in [3.63, 3.8) is 0 Å². The number of fused-ring (bicyclic) bond motifs is 2. The van der Waals surface area contributed by atoms with Crippen molar-refractivity contribution in [3.05, 3.63) is 66.4 Å². The summed E-state index contributed by atoms with van der Waals surface area (Å²) in [7, 11) is 0. The number of hydrogen-bond acceptors (Lipinski definition) is 3. The third-order valence-corrected chi connectivity index (χ3v) is 3.88. The molecule has 1 N–H and O–H groups in total. The lowest BCUT2D eigenvalue weighted by atomic mass is 10.1. The Morgan fingerprint density at radius 1 is 1.05 bits per heavy atom. The fourth-order valence-corrected chi connectivity index (χ4v) is 2.84. The monoisotopic (exact) mass is 276 g/mol. The van der Waals surface area contributed by atoms with Crippen LogP contribution < -0.4 is 10.1 Å². The maximum absolute atomic E-state index is 5.96. The molecule has 0 radical (unpaired) electrons. The fraction of sp³-hybridized carbons (Fsp3) is 0.167. The van der Waals surface area contributed by atoms with Crippen LogP contribution in [-0.4, -0.2) is 17.6 Å². The Labute approximate surface area is 123 Å². The standard InChI is InChI=1S/C18H16N2O/c1-4-8-18-13(5-1)11-14(21-18)12-20-17-9-10-19-16-7-3-2-6-15(16)17/h1-10,14H,11-12H2,(H,19,20). The zero-order chi connectivity index (χ0) is 14.1. The molecule has 0 saturated carbocycles. The van der Waals surface area contributed by atoms with E-state index in [2.05, 4.69) is 28.5 Å². The molecule has 1 atom stereocenters. The summed E-state index contributed by atoms with van der Waals surface area (Å²) in [6, 6.07) is 18.4. The van der Waals surface area contributed by atoms with E-state index in [4.69, 9.17) is 4.74 Å². The molecular weight excluding hydrogens is 260 g/mol. The van der Waals surface area contributed by atoms with Crippen LogP contribution >= 0.6 is 0 Å². The van der Waals surface area contributed by atoms with Gasteiger partial charge in [-0.1, -0.05) is 36.4 Å². The van der Waals surface area contributed by atoms with E-state index in [1.165, 1.54) is 5.56 Å². The molecule has 0 fully saturated rings. The fourth-order valence-electron chi connectivity index (χ4n) is 2.84. The van der Waals surface area contributed by atoms with Crippen LogP contribution in [0.2, 0.25) is 0 Å². The van der Waals surface area contributed by atoms with Crippen molar-refractivity contribution in [3.8, 4) is 5.75 Å². The number of para-hydroxylation sites is 2. The zero-order valence-corrected chi connectivity index (χ0v) is 11.6. The number of aromatic nitrogens is 1. The van der Waals surface area contributed by atoms with Crippen LogP contribution in [0.15, 0.2) is 60.8 Å². The predicted molar refractivity (Wildman–Crippen MR) is 84.8 cm³/mol. The SMILES string of the molecule is c1ccc2c(c1)CC(CNc1ccnc3ccccc13)O2. The van der Waals surface area contributed by atoms with E-state index in [1.54, 1.807) is 0 Å². The highest BCUT2D eigenvalue weighted by Crippen LogP contribution is 2.28. The molecule has 0 saturated heterocycles. The topological polar surface area (TPSA) is 34.2 Å². The average molecular weight is 276 g/mol. The van der Waals surface area contributed by atoms with Gasteiger partial charge in [-0.25, -0.2) is 0 Å². The van der Waals surface area contributed by atoms with Gasteiger partial charge in [-0.15, -0.1) is 0 Å². The first kappa shape index (κ1) is 12.2. The minimum Gasteiger partial charge on any atom is -0.488 e. The van der Waals surface area contributed by atoms with E-state index in [0.29, 0.717) is 0 Å². The van der Waals surface area contributed by atoms with Gasteiger partial charge in [-0.05, 0) is 23.8 Å². The smallest absolute Gasteiger partial charge is 0.123 e. The Bertz CT molecular complexity index is 755. The van der Waals surface area contributed by atoms with Gasteiger partial charge in [0, 0.05) is 23.7 Å². The average Bonchev–Trinajstić information content (AvgIpc) is 2.96. The lowest BCUT2D eigenvalue weighted by Crippen LogP contribution is -2.24. The number of nitrogens with one attached hydrogen (secondary N) is 1. The van der Waals surface area contributed by atoms with Gasteiger partial charge in [-0.3, -0.25) is 4.98 Å². The number of anilines is 1. The lowest BCUT2D eigenvalue weighted by molar-refractivity contribution is 0.246. The summed E-state index contributed by atoms with van der Waals surface area (Å²) in [5.74, 6) is 1.02. The number of hydrogen-bond donors (Lipinski definition) is 1. The summed E-state index contributed by atoms with van der Waals surface area (Å²) in [4.78, 5) is 4.38. The molecule has 1 aromatic heterocycles. The molecule has 0 bridgehead atoms. The van der Waals surface area contributed by atoms with Gasteiger partial charge < -0.3 is 10.1 Å². The molecule has 1 unspecified atom stereocenters. The Morgan fingerprint density at radius 2 is 1.90 bits per heavy atom. The third kappa shape index (κ3) is 2.31. The van der Waals surface area contributed by atoms with Crippen LogP contribution in [0.25, 0.3) is 10.9 Å². The van der Waals surface area contributed by atoms with Gasteiger partial charge in [0.25, 0.3) is 0 Å². The van der Waals surface area contributed by atoms with Gasteiger partial charge in [0.2, 0.25) is 0 Å². The molecule has 3 heteroatoms. The van der Waals surface area contributed by atoms with E-state index in [1.807, 2.05) is 42.6 Å². The summed E-state index contributed by atoms with van der Waals surface area (Å²) in [6.45, 7) is 0.794. The Balaban J connectivity index is 1.50. The van der Waals surface area contributed by atoms with Gasteiger partial charge >= 0.3 is 0 Å². The number of pyridine rings is 1. The highest BCUT2D eigenvalue weighted by molar-refractivity contribution is 5.90. The number of rotatable bonds is 3. The highest BCUT2D eigenvalue weighted by Gasteiger charge is 2.21. The summed E-state index contributed by atoms with van der Waals surface area (Å²) in [6.07, 6.45) is 3.00. The van der Waals surface area contributed by atoms with Crippen LogP contribution in [-0.2, 0) is 6.42 Å². The van der Waals surface area contributed by atoms with Crippen molar-refractivity contribution in [1.82, 2.24) is 4.98 Å². The van der Waals surface area contributed by atoms with Gasteiger partial charge in [0.15, 0.2) is 0 Å². The van der Waals surface area contributed by atoms with E-state index in [0.717, 1.165) is 35.3 Å². The van der Waals surface area contributed by atoms with Crippen molar-refractivity contribution in [2.24, 2.45) is 0 Å². The number of benzene rings is 2. The second-order valence-electron chi connectivity index (χ2n) is 5.31. The largest absolute Gasteiger partial charge is 0.488 e. The van der Waals surface area contributed by atoms with Crippen LogP contribution in [0.5, 0.6) is 5.75 Å². The normalized spacial score (nSPS) is 16.5. The quantitative estimate of drug-likeness (QED) is 0.793. The predicted octanol–water partition coefficient (Wildman–Crippen LogP) is 3.65. The van der Waals surface area contributed by atoms with Crippen LogP contribution in [0, 0.1) is 0 Å². The molecular formula is C18H16N2O. The van der Waals surface area contributed by atoms with Crippen molar-refractivity contribution >= 4 is 16.6 Å². The minimum atomic E-state index is 0.189. The molecule has 3 nitrogen and oxygen atoms in total. The Hall–Kier alpha value is -2.55. The van der Waals surface area contributed by atoms with Gasteiger partial charge in [-0.2, -0.15) is 0 Å². The number of ether oxygens (including phenoxy) is 1. The van der Waals surface area contributed by atoms with Gasteiger partial charge in [0.05, 0.1) is 12.1 Å². The van der Waals surface area contributed by atoms with E-state index in [9.17, 15) is 0 Å². The third-order valence-electron chi connectivity index (χ3n) is 3.88. The molecule has 3 aromatic rings. The van der Waals surface area contributed by atoms with E-state index < -0.39 is 0 Å². The van der Waals surface area contributed by atoms with Crippen LogP contribution in [0.4, 0.5) is 5.69 Å². The second-order valence-corrected chi connectivity index (χ2v) is 5.31. The lowest BCUT2D eigenvalue weighted by Gasteiger charge is -2.14. The van der Waals surface area contributed by atoms with E-state index >= 15 is 0 Å². The summed E-state index contributed by atoms with van der Waals surface area (Å²) < 4.78 is 5.96. The maximum Gasteiger partial charge on any atom is 0.123 e. The first-order chi connectivity index (χ1) is 10.4. The first-order valence-corrected chi connectivity index (χ1v) is 7.22. The zero-order valence-electron chi connectivity index (χ0n) is 11.6. The van der Waals surface area contributed by atoms with Crippen molar-refractivity contribution in [1.29, 1.82) is 0 Å². The molecule has 104 valence electrons. The Morgan fingerprint density at radius 3 is 2.86 bits per heavy atom. The summed E-state index contributed by atoms with van der Waals surface area (Å²) >= 11 is 0. The molecule has 2 aromatic carbocycles. The molecule has 4 rings (SSSR count). The summed E-state index contributed by atoms with van der Waals surface area (Å²) in [5, 5.41) is 4.65. The van der Waals surface area contributed by atoms with Crippen LogP contribution in [0.1, 0.15) is 5.56 Å². The number of nitrogens with zero attached hydrogens (tertiary/aromatic N) is 1. The molecule has 21 heavy (non-hydrogen) atoms. The maximum atomic E-state index is 5.96. The van der Waals surface area contributed by atoms with E-state index in [-0.39, 0.29) is 6.10 Å².